The molecule has 18 aliphatic rings. The van der Waals surface area contributed by atoms with Crippen molar-refractivity contribution in [3.05, 3.63) is 0 Å². The Kier molecular flexibility index (Phi) is 41.0. The fourth-order valence-electron chi connectivity index (χ4n) is 24.6. The van der Waals surface area contributed by atoms with E-state index in [1.54, 1.807) is 0 Å². The first-order valence-electron chi connectivity index (χ1n) is 56.1. The molecule has 18 rings (SSSR count). The van der Waals surface area contributed by atoms with Gasteiger partial charge in [0.25, 0.3) is 0 Å². The molecule has 6 saturated carbocycles. The minimum absolute atomic E-state index is 0.000417. The number of nitrogens with zero attached hydrogens (tertiary/aromatic N) is 11. The third kappa shape index (κ3) is 36.2. The van der Waals surface area contributed by atoms with Gasteiger partial charge in [-0.15, -0.1) is 0 Å². The second-order valence-electron chi connectivity index (χ2n) is 58.1. The van der Waals surface area contributed by atoms with Gasteiger partial charge in [0.05, 0.1) is 13.2 Å². The highest BCUT2D eigenvalue weighted by atomic mass is 16.6. The van der Waals surface area contributed by atoms with Crippen molar-refractivity contribution in [1.82, 2.24) is 49.0 Å². The molecule has 0 atom stereocenters. The van der Waals surface area contributed by atoms with Gasteiger partial charge < -0.3 is 4.74 Å². The smallest absolute Gasteiger partial charge is 0.120 e. The first kappa shape index (κ1) is 114. The first-order valence-corrected chi connectivity index (χ1v) is 56.1. The first-order chi connectivity index (χ1) is 59.4. The number of hydrogen-bond acceptors (Lipinski definition) is 12. The van der Waals surface area contributed by atoms with E-state index < -0.39 is 0 Å². The van der Waals surface area contributed by atoms with E-state index in [-0.39, 0.29) is 10.2 Å². The maximum Gasteiger partial charge on any atom is 0.120 e. The standard InChI is InChI=1S/C13H25N.2C12H23N.C11H21NO.2C11H21N.C10H19N.C10H21N.C9H20NO.C9H19N.C8H17N/c1-12(2,3)14-10-9-13(11-14)7-5-4-6-8-13;1-11(2,3)13-9-7-12(8-10-13)5-4-6-12;1-11(2,3)13-9-12(10-13)7-5-4-6-8-12;1-10(2,3)12-6-4-11(5-7-12)8-13-9-11;1-10(2,3)12-8-6-11(4-5-11)7-9-12;1-10(2,3)12-8-7-11(9-12)5-4-6-11;1-9(2,3)11-7-6-10(8-11)4-5-10;1-10(2,3)11-8-6-4-5-7-9-11;1-9(2,3)10(11)7-5-4-6-8-10;1-9(2,3)10-7-5-4-6-8-10;1-8(2,3)9-6-4-5-7-9/h4-11H2,1-3H3;2*4-10H2,1-3H3;4-9H2,1-3H3;2*4-9H2,1-3H3;4-8H2,1-3H3;4-9H2,1-3H3;11H,4-8H2,1-3H3;4-8H2,1-3H3;4-7H2,1-3H3/q;;;;;;;;+1;;. The molecule has 13 heteroatoms. The zero-order valence-corrected chi connectivity index (χ0v) is 93.7. The molecule has 0 amide bonds. The highest BCUT2D eigenvalue weighted by Crippen LogP contribution is 2.56. The summed E-state index contributed by atoms with van der Waals surface area (Å²) in [6.07, 6.45) is 59.2. The van der Waals surface area contributed by atoms with Crippen LogP contribution in [0.1, 0.15) is 492 Å². The molecule has 0 aromatic carbocycles. The Bertz CT molecular complexity index is 3030. The second kappa shape index (κ2) is 46.5. The summed E-state index contributed by atoms with van der Waals surface area (Å²) in [5, 5.41) is 10.1. The monoisotopic (exact) mass is 1810 g/mol. The van der Waals surface area contributed by atoms with E-state index in [0.717, 1.165) is 58.8 Å². The molecule has 0 radical (unpaired) electrons. The van der Waals surface area contributed by atoms with Crippen LogP contribution >= 0.6 is 0 Å². The fraction of sp³-hybridized carbons (Fsp3) is 1.00. The van der Waals surface area contributed by atoms with Gasteiger partial charge in [0.15, 0.2) is 0 Å². The fourth-order valence-corrected chi connectivity index (χ4v) is 24.6. The molecule has 0 bridgehead atoms. The van der Waals surface area contributed by atoms with E-state index in [2.05, 4.69) is 277 Å². The number of quaternary nitrogens is 1. The van der Waals surface area contributed by atoms with Crippen LogP contribution in [-0.2, 0) is 4.74 Å². The molecule has 13 nitrogen and oxygen atoms in total. The zero-order valence-electron chi connectivity index (χ0n) is 93.7. The summed E-state index contributed by atoms with van der Waals surface area (Å²) in [5.74, 6) is 0. The van der Waals surface area contributed by atoms with Crippen LogP contribution in [0, 0.1) is 37.9 Å². The highest BCUT2D eigenvalue weighted by molar-refractivity contribution is 5.06. The van der Waals surface area contributed by atoms with Crippen molar-refractivity contribution in [3.8, 4) is 0 Å². The Balaban J connectivity index is 0.000000176. The average Bonchev–Trinajstić information content (AvgIpc) is 1.26. The number of piperidine rings is 5. The van der Waals surface area contributed by atoms with Gasteiger partial charge in [-0.3, -0.25) is 49.0 Å². The Morgan fingerprint density at radius 3 is 0.574 bits per heavy atom. The van der Waals surface area contributed by atoms with E-state index in [1.807, 2.05) is 0 Å². The van der Waals surface area contributed by atoms with Crippen LogP contribution < -0.4 is 0 Å². The molecule has 12 heterocycles. The minimum atomic E-state index is 0.000417. The van der Waals surface area contributed by atoms with Gasteiger partial charge in [-0.05, 0) is 552 Å². The number of hydrogen-bond donors (Lipinski definition) is 1. The van der Waals surface area contributed by atoms with Gasteiger partial charge in [-0.25, -0.2) is 5.21 Å². The molecule has 0 unspecified atom stereocenters. The minimum Gasteiger partial charge on any atom is -0.380 e. The van der Waals surface area contributed by atoms with Crippen LogP contribution in [-0.4, -0.2) is 277 Å². The molecule has 0 aromatic heterocycles. The molecule has 0 aromatic rings. The molecule has 1 N–H and O–H groups in total. The quantitative estimate of drug-likeness (QED) is 0.235. The lowest BCUT2D eigenvalue weighted by Gasteiger charge is -2.57. The number of ether oxygens (including phenoxy) is 1. The van der Waals surface area contributed by atoms with Crippen molar-refractivity contribution < 1.29 is 14.6 Å². The van der Waals surface area contributed by atoms with E-state index in [4.69, 9.17) is 4.74 Å². The van der Waals surface area contributed by atoms with Crippen molar-refractivity contribution in [2.75, 3.05) is 157 Å². The summed E-state index contributed by atoms with van der Waals surface area (Å²) in [6, 6.07) is 0. The summed E-state index contributed by atoms with van der Waals surface area (Å²) in [4.78, 5) is 26.2. The molecule has 760 valence electrons. The van der Waals surface area contributed by atoms with Gasteiger partial charge >= 0.3 is 0 Å². The van der Waals surface area contributed by atoms with Crippen LogP contribution in [0.4, 0.5) is 0 Å². The normalized spacial score (nSPS) is 27.3. The third-order valence-electron chi connectivity index (χ3n) is 36.6. The van der Waals surface area contributed by atoms with Crippen LogP contribution in [0.25, 0.3) is 0 Å². The van der Waals surface area contributed by atoms with Gasteiger partial charge in [0, 0.05) is 93.5 Å². The Labute approximate surface area is 806 Å². The maximum absolute atomic E-state index is 10.1. The predicted octanol–water partition coefficient (Wildman–Crippen LogP) is 28.0. The van der Waals surface area contributed by atoms with Crippen molar-refractivity contribution in [3.63, 3.8) is 0 Å². The number of likely N-dealkylation sites (tertiary alicyclic amines) is 11. The maximum atomic E-state index is 10.1. The predicted molar refractivity (Wildman–Crippen MR) is 562 cm³/mol. The van der Waals surface area contributed by atoms with Crippen molar-refractivity contribution in [1.29, 1.82) is 0 Å². The molecule has 18 fully saturated rings. The Hall–Kier alpha value is -0.520. The molecule has 12 aliphatic heterocycles. The van der Waals surface area contributed by atoms with Crippen molar-refractivity contribution in [2.24, 2.45) is 37.9 Å². The van der Waals surface area contributed by atoms with Crippen LogP contribution in [0.2, 0.25) is 0 Å². The van der Waals surface area contributed by atoms with Crippen LogP contribution in [0.5, 0.6) is 0 Å². The summed E-state index contributed by atoms with van der Waals surface area (Å²) in [7, 11) is 0. The molecule has 6 aliphatic carbocycles. The lowest BCUT2D eigenvalue weighted by atomic mass is 9.63. The van der Waals surface area contributed by atoms with Gasteiger partial charge in [-0.2, -0.15) is 4.65 Å². The number of hydroxylamine groups is 3. The lowest BCUT2D eigenvalue weighted by molar-refractivity contribution is -1.14. The Morgan fingerprint density at radius 1 is 0.171 bits per heavy atom. The van der Waals surface area contributed by atoms with Crippen LogP contribution in [0.3, 0.4) is 0 Å². The van der Waals surface area contributed by atoms with E-state index in [1.165, 1.54) is 394 Å². The molecular weight excluding hydrogens is 1580 g/mol. The lowest BCUT2D eigenvalue weighted by Crippen LogP contribution is -2.63. The molecule has 7 spiro atoms. The zero-order chi connectivity index (χ0) is 95.9. The molecule has 12 saturated heterocycles. The summed E-state index contributed by atoms with van der Waals surface area (Å²) in [6.45, 7) is 107. The van der Waals surface area contributed by atoms with E-state index >= 15 is 0 Å². The largest absolute Gasteiger partial charge is 0.380 e. The number of rotatable bonds is 0. The van der Waals surface area contributed by atoms with E-state index in [0.29, 0.717) is 60.8 Å². The molecule has 129 heavy (non-hydrogen) atoms. The van der Waals surface area contributed by atoms with Crippen LogP contribution in [0.15, 0.2) is 0 Å². The summed E-state index contributed by atoms with van der Waals surface area (Å²) in [5.41, 5.74) is 9.24. The average molecular weight is 1810 g/mol. The summed E-state index contributed by atoms with van der Waals surface area (Å²) < 4.78 is 5.59. The third-order valence-corrected chi connectivity index (χ3v) is 36.6. The van der Waals surface area contributed by atoms with Gasteiger partial charge in [-0.1, -0.05) is 70.6 Å². The summed E-state index contributed by atoms with van der Waals surface area (Å²) >= 11 is 0. The Morgan fingerprint density at radius 2 is 0.357 bits per heavy atom. The SMILES string of the molecule is CC(C)(C)N1CC2(CCCCC2)C1.CC(C)(C)N1CCC2(CC1)CC2.CC(C)(C)N1CCC2(CC1)COC2.CC(C)(C)N1CCC2(CC2)C1.CC(C)(C)N1CCC2(CCC2)C1.CC(C)(C)N1CCC2(CCC2)CC1.CC(C)(C)N1CCC2(CCCCC2)C1.CC(C)(C)N1CCCC1.CC(C)(C)N1CCCCC1.CC(C)(C)N1CCCCCC1.CC(C)(C)[N+]1(O)CCCCC1. The van der Waals surface area contributed by atoms with Crippen molar-refractivity contribution >= 4 is 0 Å². The van der Waals surface area contributed by atoms with Gasteiger partial charge in [0.2, 0.25) is 0 Å². The molecular formula is C116H230N11O2+. The van der Waals surface area contributed by atoms with E-state index in [9.17, 15) is 5.21 Å². The second-order valence-corrected chi connectivity index (χ2v) is 58.1. The van der Waals surface area contributed by atoms with Crippen molar-refractivity contribution in [2.45, 2.75) is 553 Å². The topological polar surface area (TPSA) is 61.9 Å². The highest BCUT2D eigenvalue weighted by Gasteiger charge is 2.52. The van der Waals surface area contributed by atoms with Gasteiger partial charge in [0.1, 0.15) is 18.6 Å².